The molecule has 0 unspecified atom stereocenters. The van der Waals surface area contributed by atoms with E-state index in [0.717, 1.165) is 34.9 Å². The van der Waals surface area contributed by atoms with Crippen LogP contribution in [0.1, 0.15) is 23.1 Å². The van der Waals surface area contributed by atoms with Crippen LogP contribution in [-0.4, -0.2) is 11.2 Å². The molecule has 0 aliphatic heterocycles. The number of hydrogen-bond acceptors (Lipinski definition) is 1. The lowest BCUT2D eigenvalue weighted by molar-refractivity contribution is 0.302. The number of nitrogens with zero attached hydrogens (tertiary/aromatic N) is 1. The summed E-state index contributed by atoms with van der Waals surface area (Å²) in [5, 5.41) is 2.12. The molecule has 0 radical (unpaired) electrons. The fraction of sp³-hybridized carbons (Fsp3) is 0.300. The molecular weight excluding hydrogens is 306 g/mol. The van der Waals surface area contributed by atoms with Gasteiger partial charge in [0.1, 0.15) is 5.75 Å². The second kappa shape index (κ2) is 6.67. The number of aryl methyl sites for hydroxylation is 4. The zero-order valence-corrected chi connectivity index (χ0v) is 14.7. The minimum Gasteiger partial charge on any atom is -0.494 e. The van der Waals surface area contributed by atoms with Gasteiger partial charge < -0.3 is 9.30 Å². The summed E-state index contributed by atoms with van der Waals surface area (Å²) < 4.78 is 8.18. The number of hydrogen-bond donors (Lipinski definition) is 0. The SMILES string of the molecule is Cc1ccc2ccn(CCCOc3cc(C)c(Cl)c(C)c3)c2c1. The van der Waals surface area contributed by atoms with Gasteiger partial charge in [0, 0.05) is 23.3 Å². The van der Waals surface area contributed by atoms with Crippen molar-refractivity contribution in [3.05, 3.63) is 64.3 Å². The van der Waals surface area contributed by atoms with Gasteiger partial charge in [0.15, 0.2) is 0 Å². The first-order chi connectivity index (χ1) is 11.0. The minimum absolute atomic E-state index is 0.700. The minimum atomic E-state index is 0.700. The van der Waals surface area contributed by atoms with Gasteiger partial charge in [-0.2, -0.15) is 0 Å². The van der Waals surface area contributed by atoms with Crippen LogP contribution in [0.5, 0.6) is 5.75 Å². The first-order valence-electron chi connectivity index (χ1n) is 7.99. The Labute approximate surface area is 142 Å². The van der Waals surface area contributed by atoms with Crippen molar-refractivity contribution in [2.24, 2.45) is 0 Å². The van der Waals surface area contributed by atoms with Crippen molar-refractivity contribution in [2.45, 2.75) is 33.7 Å². The molecule has 0 spiro atoms. The molecule has 0 bridgehead atoms. The molecule has 0 atom stereocenters. The van der Waals surface area contributed by atoms with E-state index in [1.165, 1.54) is 16.5 Å². The first-order valence-corrected chi connectivity index (χ1v) is 8.37. The van der Waals surface area contributed by atoms with Crippen LogP contribution in [-0.2, 0) is 6.54 Å². The third kappa shape index (κ3) is 3.53. The summed E-state index contributed by atoms with van der Waals surface area (Å²) in [6, 6.07) is 12.7. The van der Waals surface area contributed by atoms with Gasteiger partial charge in [-0.15, -0.1) is 0 Å². The highest BCUT2D eigenvalue weighted by molar-refractivity contribution is 6.32. The molecular formula is C20H22ClNO. The molecule has 23 heavy (non-hydrogen) atoms. The molecule has 0 fully saturated rings. The van der Waals surface area contributed by atoms with Crippen LogP contribution in [0.4, 0.5) is 0 Å². The Balaban J connectivity index is 1.60. The molecule has 3 rings (SSSR count). The summed E-state index contributed by atoms with van der Waals surface area (Å²) in [4.78, 5) is 0. The molecule has 3 aromatic rings. The van der Waals surface area contributed by atoms with Crippen molar-refractivity contribution < 1.29 is 4.74 Å². The fourth-order valence-electron chi connectivity index (χ4n) is 2.90. The summed E-state index contributed by atoms with van der Waals surface area (Å²) >= 11 is 6.19. The number of halogens is 1. The molecule has 0 N–H and O–H groups in total. The van der Waals surface area contributed by atoms with Crippen LogP contribution in [0, 0.1) is 20.8 Å². The smallest absolute Gasteiger partial charge is 0.119 e. The second-order valence-corrected chi connectivity index (χ2v) is 6.52. The van der Waals surface area contributed by atoms with Crippen LogP contribution < -0.4 is 4.74 Å². The Kier molecular flexibility index (Phi) is 4.63. The Hall–Kier alpha value is -1.93. The lowest BCUT2D eigenvalue weighted by Gasteiger charge is -2.11. The van der Waals surface area contributed by atoms with Gasteiger partial charge in [-0.1, -0.05) is 23.7 Å². The summed E-state index contributed by atoms with van der Waals surface area (Å²) in [7, 11) is 0. The zero-order chi connectivity index (χ0) is 16.4. The molecule has 0 amide bonds. The topological polar surface area (TPSA) is 14.2 Å². The second-order valence-electron chi connectivity index (χ2n) is 6.14. The highest BCUT2D eigenvalue weighted by atomic mass is 35.5. The van der Waals surface area contributed by atoms with E-state index in [1.54, 1.807) is 0 Å². The van der Waals surface area contributed by atoms with Crippen LogP contribution >= 0.6 is 11.6 Å². The maximum absolute atomic E-state index is 6.19. The lowest BCUT2D eigenvalue weighted by atomic mass is 10.1. The molecule has 1 aromatic heterocycles. The summed E-state index contributed by atoms with van der Waals surface area (Å²) in [6.07, 6.45) is 3.12. The quantitative estimate of drug-likeness (QED) is 0.549. The van der Waals surface area contributed by atoms with E-state index in [4.69, 9.17) is 16.3 Å². The van der Waals surface area contributed by atoms with Crippen molar-refractivity contribution in [1.29, 1.82) is 0 Å². The van der Waals surface area contributed by atoms with Gasteiger partial charge >= 0.3 is 0 Å². The van der Waals surface area contributed by atoms with Crippen molar-refractivity contribution in [2.75, 3.05) is 6.61 Å². The normalized spacial score (nSPS) is 11.1. The first kappa shape index (κ1) is 15.9. The average Bonchev–Trinajstić information content (AvgIpc) is 2.91. The lowest BCUT2D eigenvalue weighted by Crippen LogP contribution is -2.04. The maximum atomic E-state index is 6.19. The predicted octanol–water partition coefficient (Wildman–Crippen LogP) is 5.69. The number of aromatic nitrogens is 1. The number of fused-ring (bicyclic) bond motifs is 1. The number of benzene rings is 2. The van der Waals surface area contributed by atoms with Gasteiger partial charge in [0.25, 0.3) is 0 Å². The van der Waals surface area contributed by atoms with E-state index in [1.807, 2.05) is 26.0 Å². The van der Waals surface area contributed by atoms with Gasteiger partial charge in [0.05, 0.1) is 6.61 Å². The predicted molar refractivity (Wildman–Crippen MR) is 97.7 cm³/mol. The molecule has 2 nitrogen and oxygen atoms in total. The molecule has 2 aromatic carbocycles. The van der Waals surface area contributed by atoms with E-state index < -0.39 is 0 Å². The Morgan fingerprint density at radius 3 is 2.48 bits per heavy atom. The van der Waals surface area contributed by atoms with Gasteiger partial charge in [-0.3, -0.25) is 0 Å². The fourth-order valence-corrected chi connectivity index (χ4v) is 3.01. The molecule has 0 aliphatic rings. The molecule has 0 saturated carbocycles. The van der Waals surface area contributed by atoms with E-state index in [0.29, 0.717) is 6.61 Å². The van der Waals surface area contributed by atoms with Crippen molar-refractivity contribution >= 4 is 22.5 Å². The van der Waals surface area contributed by atoms with Crippen molar-refractivity contribution in [3.8, 4) is 5.75 Å². The van der Waals surface area contributed by atoms with Crippen LogP contribution in [0.15, 0.2) is 42.6 Å². The third-order valence-electron chi connectivity index (χ3n) is 4.15. The summed E-state index contributed by atoms with van der Waals surface area (Å²) in [6.45, 7) is 7.81. The van der Waals surface area contributed by atoms with E-state index >= 15 is 0 Å². The van der Waals surface area contributed by atoms with E-state index in [-0.39, 0.29) is 0 Å². The number of ether oxygens (including phenoxy) is 1. The maximum Gasteiger partial charge on any atom is 0.119 e. The Morgan fingerprint density at radius 1 is 1.00 bits per heavy atom. The molecule has 3 heteroatoms. The summed E-state index contributed by atoms with van der Waals surface area (Å²) in [5.74, 6) is 0.901. The van der Waals surface area contributed by atoms with E-state index in [2.05, 4.69) is 42.0 Å². The molecule has 0 aliphatic carbocycles. The van der Waals surface area contributed by atoms with Crippen molar-refractivity contribution in [3.63, 3.8) is 0 Å². The van der Waals surface area contributed by atoms with Gasteiger partial charge in [-0.25, -0.2) is 0 Å². The van der Waals surface area contributed by atoms with Crippen LogP contribution in [0.3, 0.4) is 0 Å². The summed E-state index contributed by atoms with van der Waals surface area (Å²) in [5.41, 5.74) is 4.71. The van der Waals surface area contributed by atoms with Crippen LogP contribution in [0.2, 0.25) is 5.02 Å². The number of rotatable bonds is 5. The molecule has 0 saturated heterocycles. The van der Waals surface area contributed by atoms with Crippen molar-refractivity contribution in [1.82, 2.24) is 4.57 Å². The monoisotopic (exact) mass is 327 g/mol. The van der Waals surface area contributed by atoms with Crippen LogP contribution in [0.25, 0.3) is 10.9 Å². The molecule has 1 heterocycles. The highest BCUT2D eigenvalue weighted by Gasteiger charge is 2.04. The van der Waals surface area contributed by atoms with Gasteiger partial charge in [0.2, 0.25) is 0 Å². The highest BCUT2D eigenvalue weighted by Crippen LogP contribution is 2.26. The Bertz CT molecular complexity index is 812. The third-order valence-corrected chi connectivity index (χ3v) is 4.75. The largest absolute Gasteiger partial charge is 0.494 e. The molecule has 120 valence electrons. The van der Waals surface area contributed by atoms with E-state index in [9.17, 15) is 0 Å². The standard InChI is InChI=1S/C20H22ClNO/c1-14-5-6-17-7-9-22(19(17)11-14)8-4-10-23-18-12-15(2)20(21)16(3)13-18/h5-7,9,11-13H,4,8,10H2,1-3H3. The zero-order valence-electron chi connectivity index (χ0n) is 13.9. The average molecular weight is 328 g/mol. The Morgan fingerprint density at radius 2 is 1.74 bits per heavy atom. The van der Waals surface area contributed by atoms with Gasteiger partial charge in [-0.05, 0) is 73.5 Å².